The molecule has 0 unspecified atom stereocenters. The van der Waals surface area contributed by atoms with Crippen molar-refractivity contribution in [2.75, 3.05) is 37.0 Å². The summed E-state index contributed by atoms with van der Waals surface area (Å²) in [6, 6.07) is 9.36. The van der Waals surface area contributed by atoms with Gasteiger partial charge in [0.2, 0.25) is 10.0 Å². The summed E-state index contributed by atoms with van der Waals surface area (Å²) >= 11 is 1.61. The van der Waals surface area contributed by atoms with Crippen molar-refractivity contribution in [1.29, 1.82) is 0 Å². The number of aryl methyl sites for hydroxylation is 1. The number of hydrogen-bond acceptors (Lipinski definition) is 9. The highest BCUT2D eigenvalue weighted by molar-refractivity contribution is 8.02. The molecule has 1 aliphatic heterocycles. The summed E-state index contributed by atoms with van der Waals surface area (Å²) < 4.78 is 94.2. The molecule has 1 aliphatic carbocycles. The van der Waals surface area contributed by atoms with Crippen molar-refractivity contribution in [3.63, 3.8) is 0 Å². The van der Waals surface area contributed by atoms with Gasteiger partial charge in [0.1, 0.15) is 0 Å². The molecule has 12 nitrogen and oxygen atoms in total. The van der Waals surface area contributed by atoms with Crippen LogP contribution in [0.3, 0.4) is 0 Å². The number of fused-ring (bicyclic) bond motifs is 1. The monoisotopic (exact) mass is 848 g/mol. The van der Waals surface area contributed by atoms with E-state index in [2.05, 4.69) is 6.58 Å². The third-order valence-corrected chi connectivity index (χ3v) is 15.0. The number of anilines is 1. The Hall–Kier alpha value is -3.51. The number of carboxylic acids is 1. The predicted octanol–water partition coefficient (Wildman–Crippen LogP) is 7.41. The van der Waals surface area contributed by atoms with Gasteiger partial charge in [-0.15, -0.1) is 11.8 Å². The van der Waals surface area contributed by atoms with Crippen molar-refractivity contribution >= 4 is 53.7 Å². The summed E-state index contributed by atoms with van der Waals surface area (Å²) in [4.78, 5) is 13.8. The van der Waals surface area contributed by atoms with E-state index in [4.69, 9.17) is 5.11 Å². The number of thioether (sulfide) groups is 1. The summed E-state index contributed by atoms with van der Waals surface area (Å²) in [6.07, 6.45) is 11.7. The van der Waals surface area contributed by atoms with Gasteiger partial charge < -0.3 is 10.0 Å². The number of aliphatic carboxylic acids is 1. The maximum Gasteiger partial charge on any atom is 0.303 e. The van der Waals surface area contributed by atoms with Crippen molar-refractivity contribution in [1.82, 2.24) is 4.31 Å². The Bertz CT molecular complexity index is 2360. The highest BCUT2D eigenvalue weighted by Crippen LogP contribution is 2.49. The molecule has 0 saturated heterocycles. The Kier molecular flexibility index (Phi) is 13.8. The van der Waals surface area contributed by atoms with E-state index in [1.165, 1.54) is 23.5 Å². The van der Waals surface area contributed by atoms with E-state index >= 15 is 0 Å². The third kappa shape index (κ3) is 10.1. The van der Waals surface area contributed by atoms with E-state index in [9.17, 15) is 39.2 Å². The number of nitrogens with zero attached hydrogens (tertiary/aromatic N) is 2. The van der Waals surface area contributed by atoms with E-state index in [1.54, 1.807) is 36.0 Å². The molecule has 0 bridgehead atoms. The molecular weight excluding hydrogens is 797 g/mol. The zero-order valence-electron chi connectivity index (χ0n) is 32.9. The minimum Gasteiger partial charge on any atom is -0.481 e. The van der Waals surface area contributed by atoms with Crippen LogP contribution in [0.1, 0.15) is 76.5 Å². The summed E-state index contributed by atoms with van der Waals surface area (Å²) in [6.45, 7) is 14.5. The van der Waals surface area contributed by atoms with Gasteiger partial charge in [-0.25, -0.2) is 12.7 Å². The van der Waals surface area contributed by atoms with Crippen molar-refractivity contribution in [3.8, 4) is 0 Å². The lowest BCUT2D eigenvalue weighted by molar-refractivity contribution is -0.137. The minimum absolute atomic E-state index is 0.0791. The van der Waals surface area contributed by atoms with E-state index < -0.39 is 52.8 Å². The Morgan fingerprint density at radius 1 is 1.00 bits per heavy atom. The van der Waals surface area contributed by atoms with E-state index in [-0.39, 0.29) is 42.1 Å². The molecule has 306 valence electrons. The van der Waals surface area contributed by atoms with Gasteiger partial charge in [0, 0.05) is 53.7 Å². The summed E-state index contributed by atoms with van der Waals surface area (Å²) in [7, 11) is -11.1. The predicted molar refractivity (Wildman–Crippen MR) is 223 cm³/mol. The highest BCUT2D eigenvalue weighted by atomic mass is 32.2. The molecule has 56 heavy (non-hydrogen) atoms. The molecule has 0 aromatic heterocycles. The standard InChI is InChI=1S/C40H52N2O10S4/c1-27-12-18-31(55(48,49)41(7)22-9-11-37(43)44)25-33(27)39(3,4)28(2)13-14-29-15-16-30(38(29)53-8)17-21-36-40(5,6)34-26-32(56(50,51)52)19-20-35(34)42(36)23-10-24-54(45,46)47/h12-14,17-21,25-26H,2,9-11,15-16,22-24H2,1,3-8H3,(H,43,44)(H,45,46,47)(H,50,51,52)/b14-13+,30-17+,36-21+. The van der Waals surface area contributed by atoms with Gasteiger partial charge in [-0.05, 0) is 109 Å². The fourth-order valence-corrected chi connectivity index (χ4v) is 10.3. The number of carboxylic acid groups (broad SMARTS) is 1. The molecule has 2 aliphatic rings. The second-order valence-electron chi connectivity index (χ2n) is 15.2. The normalized spacial score (nSPS) is 17.9. The van der Waals surface area contributed by atoms with Crippen LogP contribution in [0.4, 0.5) is 5.69 Å². The van der Waals surface area contributed by atoms with Crippen LogP contribution < -0.4 is 4.90 Å². The lowest BCUT2D eigenvalue weighted by Gasteiger charge is -2.29. The van der Waals surface area contributed by atoms with Crippen LogP contribution in [0.5, 0.6) is 0 Å². The largest absolute Gasteiger partial charge is 0.481 e. The number of carbonyl (C=O) groups is 1. The molecule has 2 aromatic rings. The van der Waals surface area contributed by atoms with Gasteiger partial charge >= 0.3 is 5.97 Å². The Labute approximate surface area is 336 Å². The molecule has 0 atom stereocenters. The fourth-order valence-electron chi connectivity index (χ4n) is 7.19. The average molecular weight is 849 g/mol. The lowest BCUT2D eigenvalue weighted by atomic mass is 9.76. The Balaban J connectivity index is 1.64. The van der Waals surface area contributed by atoms with Gasteiger partial charge in [0.25, 0.3) is 20.2 Å². The third-order valence-electron chi connectivity index (χ3n) is 10.6. The topological polar surface area (TPSA) is 187 Å². The van der Waals surface area contributed by atoms with Crippen LogP contribution in [0.2, 0.25) is 0 Å². The highest BCUT2D eigenvalue weighted by Gasteiger charge is 2.40. The number of allylic oxidation sites excluding steroid dienone is 8. The van der Waals surface area contributed by atoms with Gasteiger partial charge in [0.15, 0.2) is 0 Å². The first-order valence-corrected chi connectivity index (χ1v) is 23.7. The summed E-state index contributed by atoms with van der Waals surface area (Å²) in [5.41, 5.74) is 5.43. The maximum absolute atomic E-state index is 13.4. The molecule has 0 spiro atoms. The number of benzene rings is 2. The molecule has 4 rings (SSSR count). The van der Waals surface area contributed by atoms with Crippen LogP contribution in [-0.4, -0.2) is 81.9 Å². The first-order valence-electron chi connectivity index (χ1n) is 18.0. The van der Waals surface area contributed by atoms with Crippen LogP contribution in [0.25, 0.3) is 0 Å². The van der Waals surface area contributed by atoms with Crippen molar-refractivity contribution < 1.29 is 44.3 Å². The number of rotatable bonds is 17. The van der Waals surface area contributed by atoms with Gasteiger partial charge in [0.05, 0.1) is 15.5 Å². The molecule has 0 amide bonds. The molecule has 2 aromatic carbocycles. The van der Waals surface area contributed by atoms with Crippen molar-refractivity contribution in [2.24, 2.45) is 0 Å². The van der Waals surface area contributed by atoms with E-state index in [0.717, 1.165) is 51.3 Å². The van der Waals surface area contributed by atoms with Gasteiger partial charge in [-0.3, -0.25) is 13.9 Å². The zero-order chi connectivity index (χ0) is 42.0. The number of sulfonamides is 1. The van der Waals surface area contributed by atoms with Crippen molar-refractivity contribution in [2.45, 2.75) is 87.3 Å². The fraction of sp³-hybridized carbons (Fsp3) is 0.425. The second-order valence-corrected chi connectivity index (χ2v) is 21.0. The molecule has 3 N–H and O–H groups in total. The average Bonchev–Trinajstić information content (AvgIpc) is 3.58. The van der Waals surface area contributed by atoms with E-state index in [1.807, 2.05) is 70.1 Å². The van der Waals surface area contributed by atoms with Crippen LogP contribution in [-0.2, 0) is 45.9 Å². The Morgan fingerprint density at radius 3 is 2.27 bits per heavy atom. The van der Waals surface area contributed by atoms with Crippen molar-refractivity contribution in [3.05, 3.63) is 111 Å². The minimum atomic E-state index is -4.47. The van der Waals surface area contributed by atoms with Gasteiger partial charge in [-0.2, -0.15) is 16.8 Å². The molecule has 0 radical (unpaired) electrons. The molecule has 0 fully saturated rings. The van der Waals surface area contributed by atoms with Crippen LogP contribution in [0, 0.1) is 6.92 Å². The Morgan fingerprint density at radius 2 is 1.66 bits per heavy atom. The molecule has 0 saturated carbocycles. The maximum atomic E-state index is 13.4. The van der Waals surface area contributed by atoms with Crippen LogP contribution >= 0.6 is 11.8 Å². The summed E-state index contributed by atoms with van der Waals surface area (Å²) in [5, 5.41) is 8.96. The molecular formula is C40H52N2O10S4. The van der Waals surface area contributed by atoms with E-state index in [0.29, 0.717) is 11.3 Å². The zero-order valence-corrected chi connectivity index (χ0v) is 36.1. The SMILES string of the molecule is C=C(/C=C/C1=C(SC)C(=C/C=C2/N(CCCS(=O)(=O)O)c3ccc(S(=O)(=O)O)cc3C2(C)C)/CC1)C(C)(C)c1cc(S(=O)(=O)N(C)CCCC(=O)O)ccc1C. The first kappa shape index (κ1) is 45.2. The quantitative estimate of drug-likeness (QED) is 0.106. The first-order chi connectivity index (χ1) is 25.8. The summed E-state index contributed by atoms with van der Waals surface area (Å²) in [5.74, 6) is -1.42. The van der Waals surface area contributed by atoms with Gasteiger partial charge in [-0.1, -0.05) is 58.6 Å². The second kappa shape index (κ2) is 17.1. The molecule has 16 heteroatoms. The lowest BCUT2D eigenvalue weighted by Crippen LogP contribution is -2.29. The molecule has 1 heterocycles. The smallest absolute Gasteiger partial charge is 0.303 e. The van der Waals surface area contributed by atoms with Crippen LogP contribution in [0.15, 0.2) is 104 Å². The number of hydrogen-bond donors (Lipinski definition) is 3.